The molecule has 1 aliphatic heterocycles. The molecule has 7 nitrogen and oxygen atoms in total. The first-order valence-electron chi connectivity index (χ1n) is 7.48. The molecule has 1 aliphatic rings. The second kappa shape index (κ2) is 8.35. The van der Waals surface area contributed by atoms with Crippen LogP contribution in [0.15, 0.2) is 6.07 Å². The van der Waals surface area contributed by atoms with Crippen LogP contribution in [0.25, 0.3) is 0 Å². The summed E-state index contributed by atoms with van der Waals surface area (Å²) in [4.78, 5) is 22.7. The van der Waals surface area contributed by atoms with Crippen molar-refractivity contribution < 1.29 is 19.0 Å². The summed E-state index contributed by atoms with van der Waals surface area (Å²) in [5, 5.41) is 0. The minimum absolute atomic E-state index is 0.0821. The van der Waals surface area contributed by atoms with Gasteiger partial charge in [-0.2, -0.15) is 9.97 Å². The molecule has 0 radical (unpaired) electrons. The third-order valence-corrected chi connectivity index (χ3v) is 4.29. The second-order valence-corrected chi connectivity index (χ2v) is 6.40. The van der Waals surface area contributed by atoms with Crippen LogP contribution in [0.5, 0.6) is 11.8 Å². The van der Waals surface area contributed by atoms with E-state index in [1.807, 2.05) is 18.7 Å². The Kier molecular flexibility index (Phi) is 6.47. The summed E-state index contributed by atoms with van der Waals surface area (Å²) < 4.78 is 15.9. The maximum Gasteiger partial charge on any atom is 0.232 e. The fraction of sp³-hybridized carbons (Fsp3) is 0.667. The normalized spacial score (nSPS) is 21.1. The predicted octanol–water partition coefficient (Wildman–Crippen LogP) is 1.36. The molecule has 1 amide bonds. The summed E-state index contributed by atoms with van der Waals surface area (Å²) in [6.07, 6.45) is 0.164. The largest absolute Gasteiger partial charge is 0.481 e. The van der Waals surface area contributed by atoms with E-state index in [1.54, 1.807) is 20.3 Å². The van der Waals surface area contributed by atoms with Crippen molar-refractivity contribution in [1.82, 2.24) is 14.9 Å². The number of aromatic nitrogens is 2. The number of ether oxygens (including phenoxy) is 3. The van der Waals surface area contributed by atoms with Crippen LogP contribution in [0.3, 0.4) is 0 Å². The SMILES string of the molecule is COc1cc(OC)nc(CSCC(=O)N2C[C@@H](C)O[C@@H](C)C2)n1. The molecule has 1 aromatic rings. The molecule has 1 aromatic heterocycles. The molecule has 0 aromatic carbocycles. The smallest absolute Gasteiger partial charge is 0.232 e. The Morgan fingerprint density at radius 3 is 2.35 bits per heavy atom. The van der Waals surface area contributed by atoms with Crippen LogP contribution in [-0.4, -0.2) is 66.0 Å². The Morgan fingerprint density at radius 1 is 1.26 bits per heavy atom. The molecule has 0 aliphatic carbocycles. The molecule has 23 heavy (non-hydrogen) atoms. The van der Waals surface area contributed by atoms with Gasteiger partial charge in [-0.1, -0.05) is 0 Å². The number of hydrogen-bond acceptors (Lipinski definition) is 7. The van der Waals surface area contributed by atoms with Crippen molar-refractivity contribution in [2.45, 2.75) is 31.8 Å². The molecule has 2 atom stereocenters. The molecule has 0 spiro atoms. The van der Waals surface area contributed by atoms with Crippen molar-refractivity contribution in [2.24, 2.45) is 0 Å². The number of carbonyl (C=O) groups excluding carboxylic acids is 1. The Labute approximate surface area is 140 Å². The molecular weight excluding hydrogens is 318 g/mol. The molecule has 128 valence electrons. The number of methoxy groups -OCH3 is 2. The Bertz CT molecular complexity index is 511. The highest BCUT2D eigenvalue weighted by Gasteiger charge is 2.25. The van der Waals surface area contributed by atoms with Gasteiger partial charge in [-0.25, -0.2) is 0 Å². The number of thioether (sulfide) groups is 1. The number of rotatable bonds is 6. The zero-order valence-corrected chi connectivity index (χ0v) is 14.8. The minimum atomic E-state index is 0.0821. The fourth-order valence-electron chi connectivity index (χ4n) is 2.43. The molecule has 2 rings (SSSR count). The first-order chi connectivity index (χ1) is 11.0. The van der Waals surface area contributed by atoms with Crippen LogP contribution < -0.4 is 9.47 Å². The van der Waals surface area contributed by atoms with E-state index in [1.165, 1.54) is 11.8 Å². The molecule has 0 N–H and O–H groups in total. The highest BCUT2D eigenvalue weighted by Crippen LogP contribution is 2.19. The van der Waals surface area contributed by atoms with Gasteiger partial charge >= 0.3 is 0 Å². The lowest BCUT2D eigenvalue weighted by Crippen LogP contribution is -2.48. The third kappa shape index (κ3) is 5.24. The summed E-state index contributed by atoms with van der Waals surface area (Å²) in [5.74, 6) is 2.52. The van der Waals surface area contributed by atoms with Gasteiger partial charge in [0.05, 0.1) is 44.0 Å². The van der Waals surface area contributed by atoms with E-state index < -0.39 is 0 Å². The van der Waals surface area contributed by atoms with Gasteiger partial charge in [0.1, 0.15) is 5.82 Å². The van der Waals surface area contributed by atoms with Crippen molar-refractivity contribution in [2.75, 3.05) is 33.1 Å². The van der Waals surface area contributed by atoms with Gasteiger partial charge < -0.3 is 19.1 Å². The van der Waals surface area contributed by atoms with Crippen LogP contribution in [0.1, 0.15) is 19.7 Å². The third-order valence-electron chi connectivity index (χ3n) is 3.37. The standard InChI is InChI=1S/C15H23N3O4S/c1-10-6-18(7-11(2)22-10)15(19)9-23-8-12-16-13(20-3)5-14(17-12)21-4/h5,10-11H,6-9H2,1-4H3/t10-,11+. The van der Waals surface area contributed by atoms with Gasteiger partial charge in [-0.15, -0.1) is 11.8 Å². The number of nitrogens with zero attached hydrogens (tertiary/aromatic N) is 3. The lowest BCUT2D eigenvalue weighted by atomic mass is 10.2. The van der Waals surface area contributed by atoms with E-state index in [4.69, 9.17) is 14.2 Å². The topological polar surface area (TPSA) is 73.8 Å². The molecule has 1 saturated heterocycles. The van der Waals surface area contributed by atoms with Crippen LogP contribution >= 0.6 is 11.8 Å². The number of carbonyl (C=O) groups is 1. The van der Waals surface area contributed by atoms with E-state index in [0.717, 1.165) is 0 Å². The molecule has 8 heteroatoms. The van der Waals surface area contributed by atoms with E-state index in [-0.39, 0.29) is 18.1 Å². The van der Waals surface area contributed by atoms with Crippen molar-refractivity contribution >= 4 is 17.7 Å². The van der Waals surface area contributed by atoms with E-state index in [2.05, 4.69) is 9.97 Å². The van der Waals surface area contributed by atoms with Crippen molar-refractivity contribution in [1.29, 1.82) is 0 Å². The lowest BCUT2D eigenvalue weighted by Gasteiger charge is -2.35. The van der Waals surface area contributed by atoms with Gasteiger partial charge in [0.15, 0.2) is 0 Å². The first kappa shape index (κ1) is 17.8. The van der Waals surface area contributed by atoms with Crippen LogP contribution in [-0.2, 0) is 15.3 Å². The second-order valence-electron chi connectivity index (χ2n) is 5.42. The summed E-state index contributed by atoms with van der Waals surface area (Å²) in [7, 11) is 3.09. The summed E-state index contributed by atoms with van der Waals surface area (Å²) in [6.45, 7) is 5.26. The van der Waals surface area contributed by atoms with E-state index in [9.17, 15) is 4.79 Å². The minimum Gasteiger partial charge on any atom is -0.481 e. The highest BCUT2D eigenvalue weighted by molar-refractivity contribution is 7.99. The summed E-state index contributed by atoms with van der Waals surface area (Å²) in [6, 6.07) is 1.62. The summed E-state index contributed by atoms with van der Waals surface area (Å²) in [5.41, 5.74) is 0. The average molecular weight is 341 g/mol. The molecule has 1 fully saturated rings. The van der Waals surface area contributed by atoms with Gasteiger partial charge in [0.25, 0.3) is 0 Å². The van der Waals surface area contributed by atoms with Crippen LogP contribution in [0.2, 0.25) is 0 Å². The van der Waals surface area contributed by atoms with Gasteiger partial charge in [-0.05, 0) is 13.8 Å². The molecule has 0 unspecified atom stereocenters. The van der Waals surface area contributed by atoms with Gasteiger partial charge in [0, 0.05) is 13.1 Å². The quantitative estimate of drug-likeness (QED) is 0.773. The number of hydrogen-bond donors (Lipinski definition) is 0. The van der Waals surface area contributed by atoms with Crippen molar-refractivity contribution in [3.63, 3.8) is 0 Å². The molecule has 0 saturated carbocycles. The fourth-order valence-corrected chi connectivity index (χ4v) is 3.20. The zero-order valence-electron chi connectivity index (χ0n) is 13.9. The maximum atomic E-state index is 12.3. The zero-order chi connectivity index (χ0) is 16.8. The Morgan fingerprint density at radius 2 is 1.83 bits per heavy atom. The predicted molar refractivity (Wildman–Crippen MR) is 87.9 cm³/mol. The maximum absolute atomic E-state index is 12.3. The van der Waals surface area contributed by atoms with Gasteiger partial charge in [0.2, 0.25) is 17.7 Å². The first-order valence-corrected chi connectivity index (χ1v) is 8.64. The molecule has 0 bridgehead atoms. The number of morpholine rings is 1. The molecular formula is C15H23N3O4S. The highest BCUT2D eigenvalue weighted by atomic mass is 32.2. The molecule has 2 heterocycles. The summed E-state index contributed by atoms with van der Waals surface area (Å²) >= 11 is 1.48. The lowest BCUT2D eigenvalue weighted by molar-refractivity contribution is -0.140. The van der Waals surface area contributed by atoms with E-state index in [0.29, 0.717) is 42.2 Å². The Balaban J connectivity index is 1.85. The van der Waals surface area contributed by atoms with E-state index >= 15 is 0 Å². The van der Waals surface area contributed by atoms with Gasteiger partial charge in [-0.3, -0.25) is 4.79 Å². The number of amides is 1. The van der Waals surface area contributed by atoms with Crippen LogP contribution in [0.4, 0.5) is 0 Å². The average Bonchev–Trinajstić information content (AvgIpc) is 2.53. The van der Waals surface area contributed by atoms with Crippen molar-refractivity contribution in [3.05, 3.63) is 11.9 Å². The monoisotopic (exact) mass is 341 g/mol. The van der Waals surface area contributed by atoms with Crippen molar-refractivity contribution in [3.8, 4) is 11.8 Å². The van der Waals surface area contributed by atoms with Crippen LogP contribution in [0, 0.1) is 0 Å². The Hall–Kier alpha value is -1.54.